The van der Waals surface area contributed by atoms with Gasteiger partial charge in [-0.25, -0.2) is 0 Å². The van der Waals surface area contributed by atoms with Crippen molar-refractivity contribution in [2.24, 2.45) is 0 Å². The van der Waals surface area contributed by atoms with E-state index in [2.05, 4.69) is 45.1 Å². The third kappa shape index (κ3) is 49.2. The van der Waals surface area contributed by atoms with Crippen LogP contribution in [0.2, 0.25) is 0 Å². The Morgan fingerprint density at radius 1 is 0.333 bits per heavy atom. The van der Waals surface area contributed by atoms with Gasteiger partial charge < -0.3 is 14.2 Å². The van der Waals surface area contributed by atoms with Gasteiger partial charge in [0.25, 0.3) is 0 Å². The Bertz CT molecular complexity index is 1280. The Labute approximate surface area is 387 Å². The molecule has 6 heteroatoms. The molecule has 0 amide bonds. The fourth-order valence-electron chi connectivity index (χ4n) is 6.93. The van der Waals surface area contributed by atoms with Gasteiger partial charge in [0.2, 0.25) is 0 Å². The van der Waals surface area contributed by atoms with Crippen LogP contribution in [0.1, 0.15) is 226 Å². The van der Waals surface area contributed by atoms with E-state index in [4.69, 9.17) is 14.2 Å². The van der Waals surface area contributed by atoms with E-state index in [9.17, 15) is 14.4 Å². The average molecular weight is 875 g/mol. The molecule has 0 saturated heterocycles. The lowest BCUT2D eigenvalue weighted by Gasteiger charge is -2.18. The normalized spacial score (nSPS) is 12.9. The molecule has 0 bridgehead atoms. The summed E-state index contributed by atoms with van der Waals surface area (Å²) in [5, 5.41) is 0. The first kappa shape index (κ1) is 59.3. The lowest BCUT2D eigenvalue weighted by atomic mass is 10.0. The highest BCUT2D eigenvalue weighted by Gasteiger charge is 2.19. The van der Waals surface area contributed by atoms with E-state index in [0.717, 1.165) is 77.0 Å². The summed E-state index contributed by atoms with van der Waals surface area (Å²) >= 11 is 0. The van der Waals surface area contributed by atoms with Gasteiger partial charge in [0.15, 0.2) is 6.10 Å². The molecule has 0 fully saturated rings. The van der Waals surface area contributed by atoms with Crippen molar-refractivity contribution in [2.75, 3.05) is 13.2 Å². The molecule has 63 heavy (non-hydrogen) atoms. The van der Waals surface area contributed by atoms with Crippen molar-refractivity contribution >= 4 is 17.9 Å². The predicted molar refractivity (Wildman–Crippen MR) is 270 cm³/mol. The first-order chi connectivity index (χ1) is 31.0. The van der Waals surface area contributed by atoms with E-state index in [0.29, 0.717) is 19.3 Å². The molecular formula is C57H94O6. The summed E-state index contributed by atoms with van der Waals surface area (Å²) in [6, 6.07) is 0. The molecule has 0 aromatic carbocycles. The largest absolute Gasteiger partial charge is 0.462 e. The molecule has 0 aliphatic carbocycles. The van der Waals surface area contributed by atoms with Crippen LogP contribution >= 0.6 is 0 Å². The number of hydrogen-bond acceptors (Lipinski definition) is 6. The minimum absolute atomic E-state index is 0.106. The summed E-state index contributed by atoms with van der Waals surface area (Å²) in [7, 11) is 0. The maximum atomic E-state index is 12.8. The van der Waals surface area contributed by atoms with E-state index in [1.165, 1.54) is 103 Å². The molecule has 358 valence electrons. The van der Waals surface area contributed by atoms with Crippen LogP contribution < -0.4 is 0 Å². The number of rotatable bonds is 45. The van der Waals surface area contributed by atoms with E-state index < -0.39 is 6.10 Å². The van der Waals surface area contributed by atoms with Crippen molar-refractivity contribution in [2.45, 2.75) is 232 Å². The molecule has 0 aromatic rings. The van der Waals surface area contributed by atoms with Crippen LogP contribution in [-0.2, 0) is 28.6 Å². The van der Waals surface area contributed by atoms with E-state index in [1.54, 1.807) is 0 Å². The zero-order valence-corrected chi connectivity index (χ0v) is 40.8. The lowest BCUT2D eigenvalue weighted by Crippen LogP contribution is -2.30. The highest BCUT2D eigenvalue weighted by atomic mass is 16.6. The first-order valence-electron chi connectivity index (χ1n) is 25.8. The van der Waals surface area contributed by atoms with E-state index in [-0.39, 0.29) is 37.5 Å². The standard InChI is InChI=1S/C57H94O6/c1-4-7-10-13-16-19-22-25-26-27-28-29-30-33-35-38-41-44-47-50-56(59)62-53-54(63-57(60)51-48-45-42-39-36-32-24-21-18-15-12-9-6-3)52-61-55(58)49-46-43-40-37-34-31-23-20-17-14-11-8-5-2/h8-9,11-12,14-15,17-18,20-21,23-24,31-32,34,36,54H,4-7,10,13,16,19,22,25-30,33,35,37-53H2,1-3H3/b11-8+,12-9+,17-14+,18-15+,23-20+,24-21+,34-31+,36-32+. The second-order valence-electron chi connectivity index (χ2n) is 16.9. The fraction of sp³-hybridized carbons (Fsp3) is 0.667. The van der Waals surface area contributed by atoms with Gasteiger partial charge in [-0.1, -0.05) is 246 Å². The number of hydrogen-bond donors (Lipinski definition) is 0. The number of ether oxygens (including phenoxy) is 3. The van der Waals surface area contributed by atoms with E-state index >= 15 is 0 Å². The number of carbonyl (C=O) groups is 3. The molecular weight excluding hydrogens is 781 g/mol. The van der Waals surface area contributed by atoms with Gasteiger partial charge in [-0.2, -0.15) is 0 Å². The second-order valence-corrected chi connectivity index (χ2v) is 16.9. The minimum Gasteiger partial charge on any atom is -0.462 e. The van der Waals surface area contributed by atoms with Gasteiger partial charge in [-0.05, 0) is 57.8 Å². The van der Waals surface area contributed by atoms with E-state index in [1.807, 2.05) is 72.9 Å². The number of esters is 3. The fourth-order valence-corrected chi connectivity index (χ4v) is 6.93. The summed E-state index contributed by atoms with van der Waals surface area (Å²) < 4.78 is 16.7. The lowest BCUT2D eigenvalue weighted by molar-refractivity contribution is -0.167. The van der Waals surface area contributed by atoms with Gasteiger partial charge in [-0.3, -0.25) is 14.4 Å². The molecule has 0 spiro atoms. The van der Waals surface area contributed by atoms with Crippen molar-refractivity contribution in [3.05, 3.63) is 97.2 Å². The highest BCUT2D eigenvalue weighted by Crippen LogP contribution is 2.16. The Kier molecular flexibility index (Phi) is 48.0. The summed E-state index contributed by atoms with van der Waals surface area (Å²) in [4.78, 5) is 37.9. The zero-order valence-electron chi connectivity index (χ0n) is 40.8. The number of unbranched alkanes of at least 4 members (excludes halogenated alkanes) is 24. The minimum atomic E-state index is -0.813. The maximum Gasteiger partial charge on any atom is 0.306 e. The Hall–Kier alpha value is -3.67. The molecule has 0 heterocycles. The van der Waals surface area contributed by atoms with Crippen LogP contribution in [0.3, 0.4) is 0 Å². The molecule has 0 aliphatic rings. The van der Waals surface area contributed by atoms with Crippen molar-refractivity contribution in [3.63, 3.8) is 0 Å². The second kappa shape index (κ2) is 51.0. The third-order valence-electron chi connectivity index (χ3n) is 10.8. The summed E-state index contributed by atoms with van der Waals surface area (Å²) in [5.41, 5.74) is 0. The molecule has 0 radical (unpaired) electrons. The molecule has 0 N–H and O–H groups in total. The average Bonchev–Trinajstić information content (AvgIpc) is 3.28. The molecule has 0 aromatic heterocycles. The zero-order chi connectivity index (χ0) is 45.8. The predicted octanol–water partition coefficient (Wildman–Crippen LogP) is 17.0. The van der Waals surface area contributed by atoms with Crippen LogP contribution in [0.5, 0.6) is 0 Å². The maximum absolute atomic E-state index is 12.8. The quantitative estimate of drug-likeness (QED) is 0.0262. The Morgan fingerprint density at radius 3 is 0.968 bits per heavy atom. The molecule has 6 nitrogen and oxygen atoms in total. The summed E-state index contributed by atoms with van der Waals surface area (Å²) in [5.74, 6) is -0.988. The molecule has 1 atom stereocenters. The van der Waals surface area contributed by atoms with Gasteiger partial charge in [-0.15, -0.1) is 0 Å². The molecule has 1 unspecified atom stereocenters. The monoisotopic (exact) mass is 875 g/mol. The topological polar surface area (TPSA) is 78.9 Å². The summed E-state index contributed by atoms with van der Waals surface area (Å²) in [6.07, 6.45) is 66.9. The number of allylic oxidation sites excluding steroid dienone is 16. The molecule has 0 aliphatic heterocycles. The van der Waals surface area contributed by atoms with Crippen LogP contribution in [0.15, 0.2) is 97.2 Å². The van der Waals surface area contributed by atoms with Crippen molar-refractivity contribution < 1.29 is 28.6 Å². The number of carbonyl (C=O) groups excluding carboxylic acids is 3. The highest BCUT2D eigenvalue weighted by molar-refractivity contribution is 5.71. The smallest absolute Gasteiger partial charge is 0.306 e. The Balaban J connectivity index is 4.42. The third-order valence-corrected chi connectivity index (χ3v) is 10.8. The van der Waals surface area contributed by atoms with Crippen LogP contribution in [0.4, 0.5) is 0 Å². The van der Waals surface area contributed by atoms with Gasteiger partial charge in [0.05, 0.1) is 0 Å². The van der Waals surface area contributed by atoms with Crippen molar-refractivity contribution in [1.29, 1.82) is 0 Å². The first-order valence-corrected chi connectivity index (χ1v) is 25.8. The van der Waals surface area contributed by atoms with Crippen LogP contribution in [0, 0.1) is 0 Å². The summed E-state index contributed by atoms with van der Waals surface area (Å²) in [6.45, 7) is 6.29. The molecule has 0 rings (SSSR count). The van der Waals surface area contributed by atoms with Crippen molar-refractivity contribution in [1.82, 2.24) is 0 Å². The van der Waals surface area contributed by atoms with Gasteiger partial charge in [0.1, 0.15) is 13.2 Å². The van der Waals surface area contributed by atoms with Gasteiger partial charge in [0, 0.05) is 19.3 Å². The van der Waals surface area contributed by atoms with Gasteiger partial charge >= 0.3 is 17.9 Å². The Morgan fingerprint density at radius 2 is 0.619 bits per heavy atom. The molecule has 0 saturated carbocycles. The van der Waals surface area contributed by atoms with Crippen LogP contribution in [-0.4, -0.2) is 37.2 Å². The van der Waals surface area contributed by atoms with Crippen molar-refractivity contribution in [3.8, 4) is 0 Å². The van der Waals surface area contributed by atoms with Crippen LogP contribution in [0.25, 0.3) is 0 Å². The SMILES string of the molecule is CC/C=C/C=C/C=C/C=C/CCCCCC(=O)OCC(COC(=O)CCCCCCCCCCCCCCCCCCCCC)OC(=O)CCCCC/C=C/C=C/C=C/C=C/CC.